The van der Waals surface area contributed by atoms with Crippen LogP contribution in [0.4, 0.5) is 5.69 Å². The Morgan fingerprint density at radius 1 is 1.31 bits per heavy atom. The lowest BCUT2D eigenvalue weighted by molar-refractivity contribution is 0.268. The second-order valence-corrected chi connectivity index (χ2v) is 4.95. The van der Waals surface area contributed by atoms with Crippen LogP contribution >= 0.6 is 0 Å². The van der Waals surface area contributed by atoms with Gasteiger partial charge >= 0.3 is 0 Å². The summed E-state index contributed by atoms with van der Waals surface area (Å²) in [5.41, 5.74) is 9.25. The molecular weight excluding hydrogens is 198 g/mol. The van der Waals surface area contributed by atoms with Crippen LogP contribution in [0.25, 0.3) is 0 Å². The van der Waals surface area contributed by atoms with E-state index in [1.165, 1.54) is 11.3 Å². The molecular formula is C13H19N3. The topological polar surface area (TPSA) is 41.3 Å². The van der Waals surface area contributed by atoms with Gasteiger partial charge in [0.1, 0.15) is 0 Å². The van der Waals surface area contributed by atoms with E-state index in [1.807, 2.05) is 0 Å². The van der Waals surface area contributed by atoms with Crippen LogP contribution in [0.15, 0.2) is 24.3 Å². The standard InChI is InChI=1S/C13H19N3/c1-16-11-5-3-2-4-10(11)12(14)13(16)6-8-15-9-7-13/h2-5,12,15H,6-9,14H2,1H3. The van der Waals surface area contributed by atoms with E-state index in [9.17, 15) is 0 Å². The quantitative estimate of drug-likeness (QED) is 0.687. The summed E-state index contributed by atoms with van der Waals surface area (Å²) in [4.78, 5) is 2.41. The van der Waals surface area contributed by atoms with Crippen molar-refractivity contribution in [3.05, 3.63) is 29.8 Å². The number of anilines is 1. The number of likely N-dealkylation sites (N-methyl/N-ethyl adjacent to an activating group) is 1. The zero-order chi connectivity index (χ0) is 11.2. The van der Waals surface area contributed by atoms with E-state index in [0.29, 0.717) is 0 Å². The molecule has 1 atom stereocenters. The summed E-state index contributed by atoms with van der Waals surface area (Å²) in [7, 11) is 2.19. The van der Waals surface area contributed by atoms with Crippen molar-refractivity contribution in [2.24, 2.45) is 5.73 Å². The van der Waals surface area contributed by atoms with Gasteiger partial charge in [0.2, 0.25) is 0 Å². The lowest BCUT2D eigenvalue weighted by atomic mass is 9.81. The Hall–Kier alpha value is -1.06. The fraction of sp³-hybridized carbons (Fsp3) is 0.538. The monoisotopic (exact) mass is 217 g/mol. The van der Waals surface area contributed by atoms with Gasteiger partial charge in [0.25, 0.3) is 0 Å². The minimum atomic E-state index is 0.148. The Morgan fingerprint density at radius 2 is 2.00 bits per heavy atom. The second kappa shape index (κ2) is 3.47. The second-order valence-electron chi connectivity index (χ2n) is 4.95. The Morgan fingerprint density at radius 3 is 2.69 bits per heavy atom. The zero-order valence-electron chi connectivity index (χ0n) is 9.74. The fourth-order valence-corrected chi connectivity index (χ4v) is 3.30. The first-order valence-corrected chi connectivity index (χ1v) is 6.05. The number of hydrogen-bond donors (Lipinski definition) is 2. The van der Waals surface area contributed by atoms with Crippen LogP contribution in [0.3, 0.4) is 0 Å². The summed E-state index contributed by atoms with van der Waals surface area (Å²) < 4.78 is 0. The molecule has 1 aromatic carbocycles. The van der Waals surface area contributed by atoms with E-state index < -0.39 is 0 Å². The molecule has 3 nitrogen and oxygen atoms in total. The van der Waals surface area contributed by atoms with Gasteiger partial charge in [0.05, 0.1) is 11.6 Å². The largest absolute Gasteiger partial charge is 0.367 e. The maximum atomic E-state index is 6.48. The van der Waals surface area contributed by atoms with Gasteiger partial charge in [-0.3, -0.25) is 0 Å². The maximum Gasteiger partial charge on any atom is 0.0616 e. The molecule has 86 valence electrons. The normalized spacial score (nSPS) is 27.1. The van der Waals surface area contributed by atoms with E-state index in [-0.39, 0.29) is 11.6 Å². The number of benzene rings is 1. The van der Waals surface area contributed by atoms with Crippen molar-refractivity contribution in [1.82, 2.24) is 5.32 Å². The van der Waals surface area contributed by atoms with Crippen LogP contribution in [0.5, 0.6) is 0 Å². The number of piperidine rings is 1. The molecule has 0 amide bonds. The lowest BCUT2D eigenvalue weighted by Crippen LogP contribution is -2.55. The number of rotatable bonds is 0. The summed E-state index contributed by atoms with van der Waals surface area (Å²) in [5.74, 6) is 0. The maximum absolute atomic E-state index is 6.48. The first-order chi connectivity index (χ1) is 7.76. The lowest BCUT2D eigenvalue weighted by Gasteiger charge is -2.44. The summed E-state index contributed by atoms with van der Waals surface area (Å²) in [6.45, 7) is 2.15. The van der Waals surface area contributed by atoms with Gasteiger partial charge in [-0.15, -0.1) is 0 Å². The van der Waals surface area contributed by atoms with Crippen LogP contribution in [0.2, 0.25) is 0 Å². The number of nitrogens with one attached hydrogen (secondary N) is 1. The van der Waals surface area contributed by atoms with Crippen molar-refractivity contribution >= 4 is 5.69 Å². The minimum Gasteiger partial charge on any atom is -0.367 e. The van der Waals surface area contributed by atoms with Gasteiger partial charge in [-0.1, -0.05) is 18.2 Å². The van der Waals surface area contributed by atoms with Crippen LogP contribution < -0.4 is 16.0 Å². The third kappa shape index (κ3) is 1.16. The van der Waals surface area contributed by atoms with Crippen molar-refractivity contribution < 1.29 is 0 Å². The molecule has 1 fully saturated rings. The van der Waals surface area contributed by atoms with Gasteiger partial charge in [-0.2, -0.15) is 0 Å². The first-order valence-electron chi connectivity index (χ1n) is 6.05. The number of para-hydroxylation sites is 1. The van der Waals surface area contributed by atoms with E-state index in [4.69, 9.17) is 5.73 Å². The average molecular weight is 217 g/mol. The highest BCUT2D eigenvalue weighted by Crippen LogP contribution is 2.48. The molecule has 1 aromatic rings. The predicted molar refractivity (Wildman–Crippen MR) is 66.6 cm³/mol. The van der Waals surface area contributed by atoms with E-state index >= 15 is 0 Å². The first kappa shape index (κ1) is 10.1. The molecule has 0 saturated carbocycles. The van der Waals surface area contributed by atoms with Gasteiger partial charge in [-0.25, -0.2) is 0 Å². The van der Waals surface area contributed by atoms with Gasteiger partial charge in [0.15, 0.2) is 0 Å². The number of nitrogens with two attached hydrogens (primary N) is 1. The zero-order valence-corrected chi connectivity index (χ0v) is 9.74. The molecule has 0 radical (unpaired) electrons. The van der Waals surface area contributed by atoms with E-state index in [1.54, 1.807) is 0 Å². The summed E-state index contributed by atoms with van der Waals surface area (Å²) in [6.07, 6.45) is 2.28. The number of hydrogen-bond acceptors (Lipinski definition) is 3. The van der Waals surface area contributed by atoms with Crippen molar-refractivity contribution in [2.45, 2.75) is 24.4 Å². The highest BCUT2D eigenvalue weighted by Gasteiger charge is 2.48. The molecule has 2 aliphatic heterocycles. The third-order valence-corrected chi connectivity index (χ3v) is 4.35. The average Bonchev–Trinajstić information content (AvgIpc) is 2.55. The third-order valence-electron chi connectivity index (χ3n) is 4.35. The molecule has 3 rings (SSSR count). The molecule has 0 aromatic heterocycles. The van der Waals surface area contributed by atoms with Crippen molar-refractivity contribution in [2.75, 3.05) is 25.0 Å². The molecule has 0 bridgehead atoms. The van der Waals surface area contributed by atoms with Crippen LogP contribution in [0.1, 0.15) is 24.4 Å². The summed E-state index contributed by atoms with van der Waals surface area (Å²) in [5, 5.41) is 3.42. The van der Waals surface area contributed by atoms with Gasteiger partial charge < -0.3 is 16.0 Å². The summed E-state index contributed by atoms with van der Waals surface area (Å²) >= 11 is 0. The highest BCUT2D eigenvalue weighted by molar-refractivity contribution is 5.63. The predicted octanol–water partition coefficient (Wildman–Crippen LogP) is 1.26. The molecule has 2 aliphatic rings. The highest BCUT2D eigenvalue weighted by atomic mass is 15.2. The van der Waals surface area contributed by atoms with Crippen molar-refractivity contribution in [3.8, 4) is 0 Å². The van der Waals surface area contributed by atoms with Crippen LogP contribution in [0, 0.1) is 0 Å². The molecule has 2 heterocycles. The molecule has 3 heteroatoms. The van der Waals surface area contributed by atoms with Gasteiger partial charge in [-0.05, 0) is 37.6 Å². The Balaban J connectivity index is 2.06. The van der Waals surface area contributed by atoms with Crippen LogP contribution in [-0.4, -0.2) is 25.7 Å². The molecule has 0 aliphatic carbocycles. The molecule has 1 unspecified atom stereocenters. The molecule has 1 saturated heterocycles. The van der Waals surface area contributed by atoms with Gasteiger partial charge in [0, 0.05) is 12.7 Å². The molecule has 16 heavy (non-hydrogen) atoms. The van der Waals surface area contributed by atoms with E-state index in [2.05, 4.69) is 41.5 Å². The summed E-state index contributed by atoms with van der Waals surface area (Å²) in [6, 6.07) is 8.71. The Kier molecular flexibility index (Phi) is 2.19. The fourth-order valence-electron chi connectivity index (χ4n) is 3.30. The molecule has 3 N–H and O–H groups in total. The van der Waals surface area contributed by atoms with E-state index in [0.717, 1.165) is 25.9 Å². The Bertz CT molecular complexity index is 365. The molecule has 1 spiro atoms. The van der Waals surface area contributed by atoms with Crippen LogP contribution in [-0.2, 0) is 0 Å². The Labute approximate surface area is 96.6 Å². The minimum absolute atomic E-state index is 0.148. The number of fused-ring (bicyclic) bond motifs is 1. The van der Waals surface area contributed by atoms with Crippen molar-refractivity contribution in [1.29, 1.82) is 0 Å². The smallest absolute Gasteiger partial charge is 0.0616 e. The number of nitrogens with zero attached hydrogens (tertiary/aromatic N) is 1. The SMILES string of the molecule is CN1c2ccccc2C(N)C12CCNCC2. The van der Waals surface area contributed by atoms with Crippen molar-refractivity contribution in [3.63, 3.8) is 0 Å².